The Morgan fingerprint density at radius 1 is 1.40 bits per heavy atom. The third-order valence-electron chi connectivity index (χ3n) is 4.44. The van der Waals surface area contributed by atoms with Crippen LogP contribution in [0.25, 0.3) is 0 Å². The smallest absolute Gasteiger partial charge is 0.252 e. The second kappa shape index (κ2) is 5.57. The van der Waals surface area contributed by atoms with E-state index in [0.717, 1.165) is 39.0 Å². The zero-order chi connectivity index (χ0) is 14.1. The van der Waals surface area contributed by atoms with E-state index in [-0.39, 0.29) is 12.0 Å². The summed E-state index contributed by atoms with van der Waals surface area (Å²) in [5, 5.41) is 0. The fourth-order valence-corrected chi connectivity index (χ4v) is 3.34. The highest BCUT2D eigenvalue weighted by atomic mass is 16.5. The predicted molar refractivity (Wildman–Crippen MR) is 78.6 cm³/mol. The van der Waals surface area contributed by atoms with Crippen LogP contribution in [0.3, 0.4) is 0 Å². The number of rotatable bonds is 2. The van der Waals surface area contributed by atoms with Gasteiger partial charge < -0.3 is 9.64 Å². The highest BCUT2D eigenvalue weighted by molar-refractivity contribution is 5.81. The van der Waals surface area contributed by atoms with Crippen molar-refractivity contribution in [3.05, 3.63) is 34.9 Å². The molecule has 108 valence electrons. The third-order valence-corrected chi connectivity index (χ3v) is 4.44. The van der Waals surface area contributed by atoms with Crippen molar-refractivity contribution in [2.45, 2.75) is 51.7 Å². The van der Waals surface area contributed by atoms with Gasteiger partial charge >= 0.3 is 0 Å². The molecule has 1 aromatic carbocycles. The Hall–Kier alpha value is -1.35. The lowest BCUT2D eigenvalue weighted by molar-refractivity contribution is -0.141. The number of nitrogens with zero attached hydrogens (tertiary/aromatic N) is 1. The number of ether oxygens (including phenoxy) is 1. The maximum Gasteiger partial charge on any atom is 0.252 e. The summed E-state index contributed by atoms with van der Waals surface area (Å²) in [6, 6.07) is 6.51. The van der Waals surface area contributed by atoms with E-state index in [1.165, 1.54) is 16.7 Å². The van der Waals surface area contributed by atoms with Crippen molar-refractivity contribution < 1.29 is 9.53 Å². The minimum absolute atomic E-state index is 0.183. The Morgan fingerprint density at radius 3 is 2.95 bits per heavy atom. The molecule has 0 N–H and O–H groups in total. The fourth-order valence-electron chi connectivity index (χ4n) is 3.34. The van der Waals surface area contributed by atoms with Gasteiger partial charge in [-0.05, 0) is 41.9 Å². The Labute approximate surface area is 120 Å². The second-order valence-electron chi connectivity index (χ2n) is 6.15. The Kier molecular flexibility index (Phi) is 3.79. The first-order valence-corrected chi connectivity index (χ1v) is 7.68. The number of carbonyl (C=O) groups excluding carboxylic acids is 1. The van der Waals surface area contributed by atoms with Crippen molar-refractivity contribution in [1.29, 1.82) is 0 Å². The van der Waals surface area contributed by atoms with E-state index in [1.54, 1.807) is 0 Å². The SMILES string of the molecule is CC(C)c1cccc2c1CCN(C(=O)[C@@H]1CCCO1)C2. The summed E-state index contributed by atoms with van der Waals surface area (Å²) in [5.74, 6) is 0.730. The first kappa shape index (κ1) is 13.6. The summed E-state index contributed by atoms with van der Waals surface area (Å²) in [7, 11) is 0. The van der Waals surface area contributed by atoms with Gasteiger partial charge in [0, 0.05) is 19.7 Å². The molecule has 3 rings (SSSR count). The molecule has 0 radical (unpaired) electrons. The van der Waals surface area contributed by atoms with Crippen molar-refractivity contribution >= 4 is 5.91 Å². The molecule has 1 aromatic rings. The van der Waals surface area contributed by atoms with Gasteiger partial charge in [0.2, 0.25) is 0 Å². The summed E-state index contributed by atoms with van der Waals surface area (Å²) < 4.78 is 5.53. The van der Waals surface area contributed by atoms with Crippen molar-refractivity contribution in [1.82, 2.24) is 4.90 Å². The summed E-state index contributed by atoms with van der Waals surface area (Å²) in [6.07, 6.45) is 2.68. The standard InChI is InChI=1S/C17H23NO2/c1-12(2)14-6-3-5-13-11-18(9-8-15(13)14)17(19)16-7-4-10-20-16/h3,5-6,12,16H,4,7-11H2,1-2H3/t16-/m0/s1. The monoisotopic (exact) mass is 273 g/mol. The highest BCUT2D eigenvalue weighted by Crippen LogP contribution is 2.28. The van der Waals surface area contributed by atoms with Crippen LogP contribution >= 0.6 is 0 Å². The number of benzene rings is 1. The number of carbonyl (C=O) groups is 1. The Bertz CT molecular complexity index is 504. The summed E-state index contributed by atoms with van der Waals surface area (Å²) >= 11 is 0. The van der Waals surface area contributed by atoms with E-state index in [0.29, 0.717) is 5.92 Å². The molecular weight excluding hydrogens is 250 g/mol. The van der Waals surface area contributed by atoms with Crippen LogP contribution in [0.4, 0.5) is 0 Å². The van der Waals surface area contributed by atoms with Gasteiger partial charge in [-0.15, -0.1) is 0 Å². The van der Waals surface area contributed by atoms with Gasteiger partial charge in [-0.2, -0.15) is 0 Å². The largest absolute Gasteiger partial charge is 0.368 e. The molecule has 0 unspecified atom stereocenters. The number of amides is 1. The van der Waals surface area contributed by atoms with Crippen LogP contribution in [0, 0.1) is 0 Å². The number of hydrogen-bond donors (Lipinski definition) is 0. The van der Waals surface area contributed by atoms with Crippen LogP contribution in [0.2, 0.25) is 0 Å². The van der Waals surface area contributed by atoms with Gasteiger partial charge in [-0.25, -0.2) is 0 Å². The van der Waals surface area contributed by atoms with E-state index in [2.05, 4.69) is 32.0 Å². The molecular formula is C17H23NO2. The zero-order valence-corrected chi connectivity index (χ0v) is 12.4. The molecule has 1 saturated heterocycles. The molecule has 0 aliphatic carbocycles. The van der Waals surface area contributed by atoms with Crippen molar-refractivity contribution in [2.24, 2.45) is 0 Å². The van der Waals surface area contributed by atoms with Crippen LogP contribution in [-0.2, 0) is 22.5 Å². The van der Waals surface area contributed by atoms with Gasteiger partial charge in [-0.1, -0.05) is 32.0 Å². The molecule has 0 bridgehead atoms. The second-order valence-corrected chi connectivity index (χ2v) is 6.15. The average Bonchev–Trinajstić information content (AvgIpc) is 2.99. The first-order chi connectivity index (χ1) is 9.66. The van der Waals surface area contributed by atoms with Gasteiger partial charge in [0.15, 0.2) is 0 Å². The van der Waals surface area contributed by atoms with Crippen LogP contribution in [0.15, 0.2) is 18.2 Å². The first-order valence-electron chi connectivity index (χ1n) is 7.68. The molecule has 0 spiro atoms. The molecule has 3 nitrogen and oxygen atoms in total. The molecule has 3 heteroatoms. The molecule has 1 amide bonds. The van der Waals surface area contributed by atoms with E-state index in [9.17, 15) is 4.79 Å². The lowest BCUT2D eigenvalue weighted by Crippen LogP contribution is -2.42. The third kappa shape index (κ3) is 2.47. The topological polar surface area (TPSA) is 29.5 Å². The average molecular weight is 273 g/mol. The minimum atomic E-state index is -0.190. The quantitative estimate of drug-likeness (QED) is 0.829. The molecule has 2 aliphatic heterocycles. The van der Waals surface area contributed by atoms with E-state index >= 15 is 0 Å². The number of hydrogen-bond acceptors (Lipinski definition) is 2. The van der Waals surface area contributed by atoms with Crippen molar-refractivity contribution in [3.8, 4) is 0 Å². The molecule has 1 atom stereocenters. The minimum Gasteiger partial charge on any atom is -0.368 e. The Balaban J connectivity index is 1.78. The number of fused-ring (bicyclic) bond motifs is 1. The highest BCUT2D eigenvalue weighted by Gasteiger charge is 2.30. The Morgan fingerprint density at radius 2 is 2.25 bits per heavy atom. The molecule has 1 fully saturated rings. The van der Waals surface area contributed by atoms with E-state index in [4.69, 9.17) is 4.74 Å². The van der Waals surface area contributed by atoms with Crippen LogP contribution in [0.1, 0.15) is 49.3 Å². The van der Waals surface area contributed by atoms with Gasteiger partial charge in [-0.3, -0.25) is 4.79 Å². The molecule has 2 heterocycles. The van der Waals surface area contributed by atoms with Gasteiger partial charge in [0.25, 0.3) is 5.91 Å². The lowest BCUT2D eigenvalue weighted by Gasteiger charge is -2.32. The maximum atomic E-state index is 12.4. The summed E-state index contributed by atoms with van der Waals surface area (Å²) in [5.41, 5.74) is 4.21. The summed E-state index contributed by atoms with van der Waals surface area (Å²) in [6.45, 7) is 6.78. The fraction of sp³-hybridized carbons (Fsp3) is 0.588. The van der Waals surface area contributed by atoms with Crippen LogP contribution < -0.4 is 0 Å². The van der Waals surface area contributed by atoms with E-state index < -0.39 is 0 Å². The maximum absolute atomic E-state index is 12.4. The van der Waals surface area contributed by atoms with Crippen molar-refractivity contribution in [2.75, 3.05) is 13.2 Å². The zero-order valence-electron chi connectivity index (χ0n) is 12.4. The van der Waals surface area contributed by atoms with Gasteiger partial charge in [0.05, 0.1) is 0 Å². The summed E-state index contributed by atoms with van der Waals surface area (Å²) in [4.78, 5) is 14.4. The predicted octanol–water partition coefficient (Wildman–Crippen LogP) is 2.87. The van der Waals surface area contributed by atoms with Crippen LogP contribution in [0.5, 0.6) is 0 Å². The molecule has 0 aromatic heterocycles. The van der Waals surface area contributed by atoms with Crippen molar-refractivity contribution in [3.63, 3.8) is 0 Å². The van der Waals surface area contributed by atoms with Crippen LogP contribution in [-0.4, -0.2) is 30.1 Å². The normalized spacial score (nSPS) is 22.1. The molecule has 0 saturated carbocycles. The van der Waals surface area contributed by atoms with Gasteiger partial charge in [0.1, 0.15) is 6.10 Å². The molecule has 20 heavy (non-hydrogen) atoms. The molecule has 2 aliphatic rings. The lowest BCUT2D eigenvalue weighted by atomic mass is 9.89. The van der Waals surface area contributed by atoms with E-state index in [1.807, 2.05) is 4.90 Å².